The minimum Gasteiger partial charge on any atom is -0.507 e. The first-order chi connectivity index (χ1) is 9.04. The van der Waals surface area contributed by atoms with Crippen molar-refractivity contribution in [2.45, 2.75) is 19.8 Å². The molecule has 6 nitrogen and oxygen atoms in total. The van der Waals surface area contributed by atoms with Gasteiger partial charge in [-0.25, -0.2) is 4.79 Å². The van der Waals surface area contributed by atoms with Crippen LogP contribution in [-0.4, -0.2) is 35.3 Å². The van der Waals surface area contributed by atoms with Crippen LogP contribution in [0, 0.1) is 0 Å². The fourth-order valence-electron chi connectivity index (χ4n) is 1.43. The van der Waals surface area contributed by atoms with Crippen LogP contribution in [0.15, 0.2) is 18.2 Å². The number of anilines is 1. The number of benzene rings is 1. The van der Waals surface area contributed by atoms with Crippen molar-refractivity contribution < 1.29 is 24.5 Å². The molecule has 0 saturated heterocycles. The normalized spacial score (nSPS) is 10.2. The summed E-state index contributed by atoms with van der Waals surface area (Å²) >= 11 is 0. The van der Waals surface area contributed by atoms with Gasteiger partial charge in [0.1, 0.15) is 11.3 Å². The van der Waals surface area contributed by atoms with Gasteiger partial charge in [-0.2, -0.15) is 0 Å². The minimum atomic E-state index is -1.22. The maximum Gasteiger partial charge on any atom is 0.339 e. The number of hydrogen-bond donors (Lipinski definition) is 3. The summed E-state index contributed by atoms with van der Waals surface area (Å²) in [7, 11) is 0. The zero-order valence-electron chi connectivity index (χ0n) is 10.7. The molecule has 0 unspecified atom stereocenters. The number of hydrogen-bond acceptors (Lipinski definition) is 4. The van der Waals surface area contributed by atoms with Gasteiger partial charge in [0.05, 0.1) is 13.0 Å². The summed E-state index contributed by atoms with van der Waals surface area (Å²) in [6.45, 7) is 2.92. The van der Waals surface area contributed by atoms with Crippen LogP contribution >= 0.6 is 0 Å². The highest BCUT2D eigenvalue weighted by Gasteiger charge is 2.10. The molecule has 0 fully saturated rings. The summed E-state index contributed by atoms with van der Waals surface area (Å²) in [5.41, 5.74) is 0.146. The molecule has 0 atom stereocenters. The lowest BCUT2D eigenvalue weighted by Crippen LogP contribution is -2.14. The van der Waals surface area contributed by atoms with Crippen LogP contribution in [0.3, 0.4) is 0 Å². The van der Waals surface area contributed by atoms with Crippen LogP contribution in [0.4, 0.5) is 5.69 Å². The summed E-state index contributed by atoms with van der Waals surface area (Å²) in [6.07, 6.45) is 1.10. The summed E-state index contributed by atoms with van der Waals surface area (Å²) < 4.78 is 5.18. The van der Waals surface area contributed by atoms with Gasteiger partial charge >= 0.3 is 5.97 Å². The summed E-state index contributed by atoms with van der Waals surface area (Å²) in [5.74, 6) is -1.85. The quantitative estimate of drug-likeness (QED) is 0.655. The first kappa shape index (κ1) is 15.0. The number of carbonyl (C=O) groups is 2. The Hall–Kier alpha value is -2.08. The van der Waals surface area contributed by atoms with E-state index in [9.17, 15) is 14.7 Å². The van der Waals surface area contributed by atoms with E-state index in [0.717, 1.165) is 6.42 Å². The number of carboxylic acid groups (broad SMARTS) is 1. The second-order valence-electron chi connectivity index (χ2n) is 3.95. The maximum atomic E-state index is 11.5. The molecule has 0 aliphatic rings. The van der Waals surface area contributed by atoms with Crippen molar-refractivity contribution >= 4 is 17.6 Å². The van der Waals surface area contributed by atoms with Gasteiger partial charge in [-0.3, -0.25) is 4.79 Å². The lowest BCUT2D eigenvalue weighted by Gasteiger charge is -2.07. The number of rotatable bonds is 7. The van der Waals surface area contributed by atoms with Crippen LogP contribution in [0.25, 0.3) is 0 Å². The van der Waals surface area contributed by atoms with E-state index in [2.05, 4.69) is 5.32 Å². The van der Waals surface area contributed by atoms with Gasteiger partial charge < -0.3 is 20.3 Å². The van der Waals surface area contributed by atoms with Crippen molar-refractivity contribution in [1.82, 2.24) is 0 Å². The Morgan fingerprint density at radius 2 is 2.05 bits per heavy atom. The number of amides is 1. The van der Waals surface area contributed by atoms with Crippen molar-refractivity contribution in [2.24, 2.45) is 0 Å². The van der Waals surface area contributed by atoms with Crippen LogP contribution in [-0.2, 0) is 9.53 Å². The monoisotopic (exact) mass is 267 g/mol. The van der Waals surface area contributed by atoms with Gasteiger partial charge in [0, 0.05) is 18.4 Å². The zero-order chi connectivity index (χ0) is 14.3. The molecule has 1 amide bonds. The summed E-state index contributed by atoms with van der Waals surface area (Å²) in [5, 5.41) is 20.8. The Kier molecular flexibility index (Phi) is 5.81. The summed E-state index contributed by atoms with van der Waals surface area (Å²) in [6, 6.07) is 3.86. The largest absolute Gasteiger partial charge is 0.507 e. The predicted molar refractivity (Wildman–Crippen MR) is 69.4 cm³/mol. The Morgan fingerprint density at radius 1 is 1.32 bits per heavy atom. The van der Waals surface area contributed by atoms with Crippen molar-refractivity contribution in [3.63, 3.8) is 0 Å². The lowest BCUT2D eigenvalue weighted by molar-refractivity contribution is -0.117. The topological polar surface area (TPSA) is 95.9 Å². The Bertz CT molecular complexity index is 458. The van der Waals surface area contributed by atoms with Crippen molar-refractivity contribution in [1.29, 1.82) is 0 Å². The lowest BCUT2D eigenvalue weighted by atomic mass is 10.2. The second-order valence-corrected chi connectivity index (χ2v) is 3.95. The van der Waals surface area contributed by atoms with Crippen LogP contribution in [0.5, 0.6) is 5.75 Å². The van der Waals surface area contributed by atoms with E-state index in [1.165, 1.54) is 18.2 Å². The molecule has 19 heavy (non-hydrogen) atoms. The van der Waals surface area contributed by atoms with E-state index < -0.39 is 5.97 Å². The van der Waals surface area contributed by atoms with E-state index in [1.807, 2.05) is 6.92 Å². The standard InChI is InChI=1S/C13H17NO5/c1-2-6-19-7-5-12(16)14-9-3-4-10(13(17)18)11(15)8-9/h3-4,8,15H,2,5-7H2,1H3,(H,14,16)(H,17,18). The molecule has 6 heteroatoms. The minimum absolute atomic E-state index is 0.204. The van der Waals surface area contributed by atoms with Crippen LogP contribution < -0.4 is 5.32 Å². The third kappa shape index (κ3) is 4.97. The van der Waals surface area contributed by atoms with E-state index in [1.54, 1.807) is 0 Å². The molecule has 104 valence electrons. The van der Waals surface area contributed by atoms with Crippen molar-refractivity contribution in [3.05, 3.63) is 23.8 Å². The summed E-state index contributed by atoms with van der Waals surface area (Å²) in [4.78, 5) is 22.2. The number of carboxylic acids is 1. The first-order valence-corrected chi connectivity index (χ1v) is 5.98. The molecule has 0 aliphatic heterocycles. The molecule has 0 saturated carbocycles. The SMILES string of the molecule is CCCOCCC(=O)Nc1ccc(C(=O)O)c(O)c1. The number of aromatic carboxylic acids is 1. The molecule has 0 aliphatic carbocycles. The zero-order valence-corrected chi connectivity index (χ0v) is 10.7. The van der Waals surface area contributed by atoms with Gasteiger partial charge in [0.25, 0.3) is 0 Å². The molecule has 1 aromatic carbocycles. The Balaban J connectivity index is 2.51. The number of carbonyl (C=O) groups excluding carboxylic acids is 1. The molecule has 0 spiro atoms. The number of phenols is 1. The second kappa shape index (κ2) is 7.38. The predicted octanol–water partition coefficient (Wildman–Crippen LogP) is 1.85. The average Bonchev–Trinajstić information content (AvgIpc) is 2.34. The molecule has 3 N–H and O–H groups in total. The van der Waals surface area contributed by atoms with Crippen LogP contribution in [0.1, 0.15) is 30.1 Å². The van der Waals surface area contributed by atoms with Gasteiger partial charge in [-0.05, 0) is 18.6 Å². The first-order valence-electron chi connectivity index (χ1n) is 5.98. The van der Waals surface area contributed by atoms with E-state index >= 15 is 0 Å². The van der Waals surface area contributed by atoms with E-state index in [0.29, 0.717) is 18.9 Å². The third-order valence-electron chi connectivity index (χ3n) is 2.33. The molecule has 0 aromatic heterocycles. The van der Waals surface area contributed by atoms with E-state index in [4.69, 9.17) is 9.84 Å². The fourth-order valence-corrected chi connectivity index (χ4v) is 1.43. The Morgan fingerprint density at radius 3 is 2.63 bits per heavy atom. The molecular formula is C13H17NO5. The highest BCUT2D eigenvalue weighted by atomic mass is 16.5. The maximum absolute atomic E-state index is 11.5. The van der Waals surface area contributed by atoms with Crippen LogP contribution in [0.2, 0.25) is 0 Å². The Labute approximate surface area is 111 Å². The fraction of sp³-hybridized carbons (Fsp3) is 0.385. The van der Waals surface area contributed by atoms with Gasteiger partial charge in [-0.15, -0.1) is 0 Å². The third-order valence-corrected chi connectivity index (χ3v) is 2.33. The number of aromatic hydroxyl groups is 1. The average molecular weight is 267 g/mol. The molecule has 0 radical (unpaired) electrons. The molecule has 0 bridgehead atoms. The molecule has 1 aromatic rings. The van der Waals surface area contributed by atoms with Gasteiger partial charge in [0.15, 0.2) is 0 Å². The molecular weight excluding hydrogens is 250 g/mol. The van der Waals surface area contributed by atoms with Crippen molar-refractivity contribution in [3.8, 4) is 5.75 Å². The highest BCUT2D eigenvalue weighted by Crippen LogP contribution is 2.21. The van der Waals surface area contributed by atoms with Gasteiger partial charge in [-0.1, -0.05) is 6.92 Å². The highest BCUT2D eigenvalue weighted by molar-refractivity contribution is 5.94. The number of nitrogens with one attached hydrogen (secondary N) is 1. The smallest absolute Gasteiger partial charge is 0.339 e. The van der Waals surface area contributed by atoms with Gasteiger partial charge in [0.2, 0.25) is 5.91 Å². The van der Waals surface area contributed by atoms with Crippen molar-refractivity contribution in [2.75, 3.05) is 18.5 Å². The molecule has 1 rings (SSSR count). The number of ether oxygens (including phenoxy) is 1. The van der Waals surface area contributed by atoms with E-state index in [-0.39, 0.29) is 23.6 Å². The molecule has 0 heterocycles.